The van der Waals surface area contributed by atoms with Crippen LogP contribution in [0.5, 0.6) is 0 Å². The molecular weight excluding hydrogens is 410 g/mol. The first-order valence-corrected chi connectivity index (χ1v) is 13.2. The second-order valence-corrected chi connectivity index (χ2v) is 12.7. The number of halogens is 2. The van der Waals surface area contributed by atoms with Crippen molar-refractivity contribution >= 4 is 0 Å². The van der Waals surface area contributed by atoms with Gasteiger partial charge in [0.25, 0.3) is 5.92 Å². The van der Waals surface area contributed by atoms with Gasteiger partial charge in [-0.1, -0.05) is 27.7 Å². The van der Waals surface area contributed by atoms with Crippen LogP contribution in [0.25, 0.3) is 0 Å². The summed E-state index contributed by atoms with van der Waals surface area (Å²) in [5.41, 5.74) is -0.379. The number of ether oxygens (including phenoxy) is 1. The second-order valence-electron chi connectivity index (χ2n) is 12.7. The summed E-state index contributed by atoms with van der Waals surface area (Å²) in [6.45, 7) is 7.88. The Morgan fingerprint density at radius 3 is 2.34 bits per heavy atom. The van der Waals surface area contributed by atoms with E-state index in [9.17, 15) is 13.9 Å². The second kappa shape index (κ2) is 8.45. The summed E-state index contributed by atoms with van der Waals surface area (Å²) in [5.74, 6) is -0.250. The molecular formula is C27H46F2O3. The molecule has 0 amide bonds. The number of methoxy groups -OCH3 is 1. The average Bonchev–Trinajstić information content (AvgIpc) is 3.11. The predicted octanol–water partition coefficient (Wildman–Crippen LogP) is 6.07. The van der Waals surface area contributed by atoms with E-state index < -0.39 is 18.1 Å². The molecule has 0 aliphatic heterocycles. The van der Waals surface area contributed by atoms with Crippen molar-refractivity contribution in [1.82, 2.24) is 0 Å². The van der Waals surface area contributed by atoms with E-state index in [-0.39, 0.29) is 29.3 Å². The molecule has 4 rings (SSSR count). The minimum atomic E-state index is -2.97. The highest BCUT2D eigenvalue weighted by atomic mass is 19.3. The van der Waals surface area contributed by atoms with Gasteiger partial charge in [0.05, 0.1) is 11.7 Å². The lowest BCUT2D eigenvalue weighted by molar-refractivity contribution is -0.206. The van der Waals surface area contributed by atoms with Crippen LogP contribution in [-0.4, -0.2) is 41.6 Å². The van der Waals surface area contributed by atoms with Crippen molar-refractivity contribution < 1.29 is 23.7 Å². The number of hydrogen-bond donors (Lipinski definition) is 2. The van der Waals surface area contributed by atoms with Crippen LogP contribution < -0.4 is 0 Å². The number of fused-ring (bicyclic) bond motifs is 5. The number of alkyl halides is 2. The Labute approximate surface area is 193 Å². The zero-order valence-electron chi connectivity index (χ0n) is 20.9. The Hall–Kier alpha value is -0.260. The molecule has 5 heteroatoms. The summed E-state index contributed by atoms with van der Waals surface area (Å²) in [4.78, 5) is 0. The van der Waals surface area contributed by atoms with Crippen molar-refractivity contribution in [2.24, 2.45) is 46.3 Å². The highest BCUT2D eigenvalue weighted by molar-refractivity contribution is 5.12. The fourth-order valence-corrected chi connectivity index (χ4v) is 9.66. The summed E-state index contributed by atoms with van der Waals surface area (Å²) in [5, 5.41) is 20.4. The lowest BCUT2D eigenvalue weighted by atomic mass is 9.43. The molecule has 0 spiro atoms. The minimum absolute atomic E-state index is 0.0669. The number of hydrogen-bond acceptors (Lipinski definition) is 3. The van der Waals surface area contributed by atoms with E-state index >= 15 is 0 Å². The van der Waals surface area contributed by atoms with Gasteiger partial charge in [0.15, 0.2) is 0 Å². The molecule has 0 radical (unpaired) electrons. The monoisotopic (exact) mass is 456 g/mol. The van der Waals surface area contributed by atoms with Gasteiger partial charge in [-0.15, -0.1) is 0 Å². The Bertz CT molecular complexity index is 686. The van der Waals surface area contributed by atoms with Crippen LogP contribution >= 0.6 is 0 Å². The van der Waals surface area contributed by atoms with E-state index in [4.69, 9.17) is 9.84 Å². The van der Waals surface area contributed by atoms with Crippen molar-refractivity contribution in [1.29, 1.82) is 0 Å². The molecule has 10 unspecified atom stereocenters. The third-order valence-electron chi connectivity index (χ3n) is 11.4. The van der Waals surface area contributed by atoms with Crippen LogP contribution in [0.3, 0.4) is 0 Å². The quantitative estimate of drug-likeness (QED) is 0.510. The third kappa shape index (κ3) is 3.77. The van der Waals surface area contributed by atoms with Crippen LogP contribution in [0.2, 0.25) is 0 Å². The molecule has 4 saturated carbocycles. The van der Waals surface area contributed by atoms with Crippen LogP contribution in [-0.2, 0) is 4.74 Å². The molecule has 4 aliphatic rings. The molecule has 10 atom stereocenters. The Morgan fingerprint density at radius 2 is 1.72 bits per heavy atom. The SMILES string of the molecule is CCC1(O)CC2CCC3C(CCC4(C)C(C(C)CC(F)(F)CO)CCC34)C2(C)CC1OC. The number of aliphatic hydroxyl groups is 2. The predicted molar refractivity (Wildman–Crippen MR) is 122 cm³/mol. The largest absolute Gasteiger partial charge is 0.390 e. The molecule has 4 aliphatic carbocycles. The summed E-state index contributed by atoms with van der Waals surface area (Å²) in [6.07, 6.45) is 9.11. The smallest absolute Gasteiger partial charge is 0.270 e. The lowest BCUT2D eigenvalue weighted by Crippen LogP contribution is -2.60. The molecule has 0 aromatic rings. The molecule has 0 heterocycles. The van der Waals surface area contributed by atoms with Crippen molar-refractivity contribution in [2.45, 2.75) is 110 Å². The van der Waals surface area contributed by atoms with E-state index in [1.165, 1.54) is 19.3 Å². The lowest BCUT2D eigenvalue weighted by Gasteiger charge is -2.63. The van der Waals surface area contributed by atoms with Gasteiger partial charge in [-0.25, -0.2) is 8.78 Å². The normalized spacial score (nSPS) is 49.8. The summed E-state index contributed by atoms with van der Waals surface area (Å²) in [6, 6.07) is 0. The van der Waals surface area contributed by atoms with E-state index in [1.807, 2.05) is 6.92 Å². The highest BCUT2D eigenvalue weighted by Crippen LogP contribution is 2.69. The summed E-state index contributed by atoms with van der Waals surface area (Å²) in [7, 11) is 1.75. The topological polar surface area (TPSA) is 49.7 Å². The van der Waals surface area contributed by atoms with Gasteiger partial charge in [0.2, 0.25) is 0 Å². The number of aliphatic hydroxyl groups excluding tert-OH is 1. The Balaban J connectivity index is 1.55. The first kappa shape index (κ1) is 24.9. The van der Waals surface area contributed by atoms with Crippen molar-refractivity contribution in [3.8, 4) is 0 Å². The first-order valence-electron chi connectivity index (χ1n) is 13.2. The summed E-state index contributed by atoms with van der Waals surface area (Å²) >= 11 is 0. The van der Waals surface area contributed by atoms with Gasteiger partial charge < -0.3 is 14.9 Å². The fourth-order valence-electron chi connectivity index (χ4n) is 9.66. The van der Waals surface area contributed by atoms with Gasteiger partial charge in [-0.05, 0) is 104 Å². The van der Waals surface area contributed by atoms with Crippen LogP contribution in [0.4, 0.5) is 8.78 Å². The summed E-state index contributed by atoms with van der Waals surface area (Å²) < 4.78 is 33.8. The van der Waals surface area contributed by atoms with Crippen molar-refractivity contribution in [3.05, 3.63) is 0 Å². The van der Waals surface area contributed by atoms with Crippen LogP contribution in [0.15, 0.2) is 0 Å². The average molecular weight is 457 g/mol. The molecule has 0 aromatic heterocycles. The molecule has 0 aromatic carbocycles. The first-order chi connectivity index (χ1) is 14.9. The molecule has 32 heavy (non-hydrogen) atoms. The molecule has 0 saturated heterocycles. The van der Waals surface area contributed by atoms with Gasteiger partial charge in [0.1, 0.15) is 6.61 Å². The zero-order valence-corrected chi connectivity index (χ0v) is 20.9. The maximum absolute atomic E-state index is 14.0. The van der Waals surface area contributed by atoms with E-state index in [0.717, 1.165) is 38.5 Å². The molecule has 2 N–H and O–H groups in total. The molecule has 3 nitrogen and oxygen atoms in total. The van der Waals surface area contributed by atoms with Crippen LogP contribution in [0, 0.1) is 46.3 Å². The van der Waals surface area contributed by atoms with Crippen molar-refractivity contribution in [2.75, 3.05) is 13.7 Å². The fraction of sp³-hybridized carbons (Fsp3) is 1.00. The maximum Gasteiger partial charge on any atom is 0.270 e. The maximum atomic E-state index is 14.0. The van der Waals surface area contributed by atoms with Crippen LogP contribution in [0.1, 0.15) is 91.9 Å². The van der Waals surface area contributed by atoms with E-state index in [0.29, 0.717) is 29.6 Å². The van der Waals surface area contributed by atoms with Gasteiger partial charge in [-0.2, -0.15) is 0 Å². The Morgan fingerprint density at radius 1 is 1.03 bits per heavy atom. The van der Waals surface area contributed by atoms with Gasteiger partial charge >= 0.3 is 0 Å². The third-order valence-corrected chi connectivity index (χ3v) is 11.4. The van der Waals surface area contributed by atoms with E-state index in [1.54, 1.807) is 7.11 Å². The Kier molecular flexibility index (Phi) is 6.56. The molecule has 4 fully saturated rings. The van der Waals surface area contributed by atoms with Crippen molar-refractivity contribution in [3.63, 3.8) is 0 Å². The standard InChI is InChI=1S/C27H46F2O3/c1-6-26(31)14-18-7-8-19-21-10-9-20(17(2)13-27(28,29)16-30)24(21,3)12-11-22(19)25(18,4)15-23(26)32-5/h17-23,30-31H,6-16H2,1-5H3. The van der Waals surface area contributed by atoms with E-state index in [2.05, 4.69) is 20.8 Å². The van der Waals surface area contributed by atoms with Gasteiger partial charge in [-0.3, -0.25) is 0 Å². The zero-order chi connectivity index (χ0) is 23.5. The molecule has 0 bridgehead atoms. The highest BCUT2D eigenvalue weighted by Gasteiger charge is 2.63. The van der Waals surface area contributed by atoms with Gasteiger partial charge in [0, 0.05) is 13.5 Å². The minimum Gasteiger partial charge on any atom is -0.390 e. The number of rotatable bonds is 6. The molecule has 186 valence electrons.